The number of fused-ring (bicyclic) bond motifs is 1. The molecule has 1 aromatic carbocycles. The first-order chi connectivity index (χ1) is 11.5. The molecule has 24 heavy (non-hydrogen) atoms. The zero-order chi connectivity index (χ0) is 17.2. The number of nitrogens with one attached hydrogen (secondary N) is 1. The molecule has 2 N–H and O–H groups in total. The molecule has 6 heteroatoms. The predicted octanol–water partition coefficient (Wildman–Crippen LogP) is 0.654. The van der Waals surface area contributed by atoms with Crippen molar-refractivity contribution >= 4 is 11.8 Å². The number of hydrogen-bond acceptors (Lipinski definition) is 4. The zero-order valence-corrected chi connectivity index (χ0v) is 14.0. The lowest BCUT2D eigenvalue weighted by Gasteiger charge is -2.37. The van der Waals surface area contributed by atoms with Gasteiger partial charge in [-0.05, 0) is 36.5 Å². The van der Waals surface area contributed by atoms with Gasteiger partial charge in [-0.25, -0.2) is 0 Å². The second kappa shape index (κ2) is 6.81. The Balaban J connectivity index is 1.52. The largest absolute Gasteiger partial charge is 0.493 e. The topological polar surface area (TPSA) is 78.9 Å². The molecule has 1 fully saturated rings. The number of hydrogen-bond donors (Lipinski definition) is 2. The van der Waals surface area contributed by atoms with Crippen LogP contribution in [0.3, 0.4) is 0 Å². The van der Waals surface area contributed by atoms with Gasteiger partial charge in [-0.15, -0.1) is 0 Å². The monoisotopic (exact) mass is 332 g/mol. The summed E-state index contributed by atoms with van der Waals surface area (Å²) in [7, 11) is 0. The number of carbonyl (C=O) groups excluding carboxylic acids is 2. The van der Waals surface area contributed by atoms with Crippen molar-refractivity contribution in [1.29, 1.82) is 0 Å². The summed E-state index contributed by atoms with van der Waals surface area (Å²) < 4.78 is 5.48. The lowest BCUT2D eigenvalue weighted by Crippen LogP contribution is -2.58. The molecule has 130 valence electrons. The Labute approximate surface area is 141 Å². The van der Waals surface area contributed by atoms with Crippen molar-refractivity contribution in [2.45, 2.75) is 38.2 Å². The second-order valence-electron chi connectivity index (χ2n) is 6.62. The number of nitrogens with zero attached hydrogens (tertiary/aromatic N) is 1. The Bertz CT molecular complexity index is 646. The predicted molar refractivity (Wildman–Crippen MR) is 88.8 cm³/mol. The van der Waals surface area contributed by atoms with Crippen molar-refractivity contribution in [1.82, 2.24) is 10.2 Å². The number of piperidine rings is 1. The van der Waals surface area contributed by atoms with Gasteiger partial charge in [0.25, 0.3) is 5.91 Å². The van der Waals surface area contributed by atoms with Crippen molar-refractivity contribution in [2.75, 3.05) is 26.2 Å². The Hall–Kier alpha value is -2.08. The molecule has 2 aliphatic rings. The van der Waals surface area contributed by atoms with Gasteiger partial charge < -0.3 is 20.1 Å². The second-order valence-corrected chi connectivity index (χ2v) is 6.62. The van der Waals surface area contributed by atoms with E-state index in [0.717, 1.165) is 24.3 Å². The molecule has 0 spiro atoms. The van der Waals surface area contributed by atoms with Gasteiger partial charge in [0, 0.05) is 26.4 Å². The number of benzene rings is 1. The van der Waals surface area contributed by atoms with Crippen LogP contribution in [0.25, 0.3) is 0 Å². The molecule has 1 unspecified atom stereocenters. The van der Waals surface area contributed by atoms with E-state index in [1.807, 2.05) is 12.1 Å². The first-order valence-corrected chi connectivity index (χ1v) is 8.49. The lowest BCUT2D eigenvalue weighted by atomic mass is 9.91. The molecule has 0 saturated carbocycles. The molecule has 1 saturated heterocycles. The van der Waals surface area contributed by atoms with E-state index in [4.69, 9.17) is 4.74 Å². The van der Waals surface area contributed by atoms with Crippen LogP contribution in [0, 0.1) is 0 Å². The van der Waals surface area contributed by atoms with E-state index in [1.54, 1.807) is 0 Å². The maximum atomic E-state index is 12.3. The number of β-amino-alcohol motifs (C(OH)–C–C–N with tert-alkyl or cyclic N) is 1. The fourth-order valence-electron chi connectivity index (χ4n) is 3.37. The molecule has 0 aromatic heterocycles. The van der Waals surface area contributed by atoms with Crippen LogP contribution in [0.15, 0.2) is 18.2 Å². The number of ether oxygens (including phenoxy) is 1. The first-order valence-electron chi connectivity index (χ1n) is 8.49. The van der Waals surface area contributed by atoms with Crippen LogP contribution in [0.4, 0.5) is 0 Å². The standard InChI is InChI=1S/C18H24N2O4/c1-13(21)20-9-2-7-18(23,12-20)17(22)19-8-5-14-3-4-16-15(11-14)6-10-24-16/h3-4,11,23H,2,5-10,12H2,1H3,(H,19,22). The Morgan fingerprint density at radius 1 is 1.42 bits per heavy atom. The van der Waals surface area contributed by atoms with Crippen LogP contribution in [-0.2, 0) is 22.4 Å². The van der Waals surface area contributed by atoms with Crippen molar-refractivity contribution in [3.63, 3.8) is 0 Å². The molecular weight excluding hydrogens is 308 g/mol. The molecular formula is C18H24N2O4. The van der Waals surface area contributed by atoms with Gasteiger partial charge >= 0.3 is 0 Å². The SMILES string of the molecule is CC(=O)N1CCCC(O)(C(=O)NCCc2ccc3c(c2)CCO3)C1. The van der Waals surface area contributed by atoms with Gasteiger partial charge in [0.1, 0.15) is 5.75 Å². The molecule has 1 aromatic rings. The van der Waals surface area contributed by atoms with E-state index >= 15 is 0 Å². The number of aliphatic hydroxyl groups is 1. The molecule has 2 heterocycles. The Kier molecular flexibility index (Phi) is 4.76. The fourth-order valence-corrected chi connectivity index (χ4v) is 3.37. The van der Waals surface area contributed by atoms with Crippen LogP contribution >= 0.6 is 0 Å². The van der Waals surface area contributed by atoms with Crippen molar-refractivity contribution < 1.29 is 19.4 Å². The van der Waals surface area contributed by atoms with Crippen molar-refractivity contribution in [3.05, 3.63) is 29.3 Å². The van der Waals surface area contributed by atoms with E-state index in [9.17, 15) is 14.7 Å². The first kappa shape index (κ1) is 16.8. The van der Waals surface area contributed by atoms with Gasteiger partial charge in [-0.3, -0.25) is 9.59 Å². The van der Waals surface area contributed by atoms with Crippen molar-refractivity contribution in [3.8, 4) is 5.75 Å². The van der Waals surface area contributed by atoms with E-state index in [2.05, 4.69) is 11.4 Å². The van der Waals surface area contributed by atoms with E-state index in [0.29, 0.717) is 32.4 Å². The average molecular weight is 332 g/mol. The summed E-state index contributed by atoms with van der Waals surface area (Å²) in [4.78, 5) is 25.4. The molecule has 3 rings (SSSR count). The molecule has 0 aliphatic carbocycles. The molecule has 2 aliphatic heterocycles. The smallest absolute Gasteiger partial charge is 0.253 e. The maximum absolute atomic E-state index is 12.3. The highest BCUT2D eigenvalue weighted by molar-refractivity contribution is 5.86. The minimum atomic E-state index is -1.48. The quantitative estimate of drug-likeness (QED) is 0.849. The minimum absolute atomic E-state index is 0.0738. The number of carbonyl (C=O) groups is 2. The molecule has 2 amide bonds. The van der Waals surface area contributed by atoms with Gasteiger partial charge in [0.2, 0.25) is 5.91 Å². The van der Waals surface area contributed by atoms with E-state index < -0.39 is 11.5 Å². The van der Waals surface area contributed by atoms with Crippen LogP contribution in [0.5, 0.6) is 5.75 Å². The summed E-state index contributed by atoms with van der Waals surface area (Å²) >= 11 is 0. The lowest BCUT2D eigenvalue weighted by molar-refractivity contribution is -0.150. The van der Waals surface area contributed by atoms with Crippen LogP contribution in [0.2, 0.25) is 0 Å². The number of rotatable bonds is 4. The summed E-state index contributed by atoms with van der Waals surface area (Å²) in [6.07, 6.45) is 2.65. The molecule has 1 atom stereocenters. The van der Waals surface area contributed by atoms with Crippen LogP contribution < -0.4 is 10.1 Å². The summed E-state index contributed by atoms with van der Waals surface area (Å²) in [6, 6.07) is 6.09. The third-order valence-corrected chi connectivity index (χ3v) is 4.79. The Morgan fingerprint density at radius 3 is 3.04 bits per heavy atom. The molecule has 0 radical (unpaired) electrons. The normalized spacial score (nSPS) is 22.7. The summed E-state index contributed by atoms with van der Waals surface area (Å²) in [5.74, 6) is 0.447. The number of amides is 2. The number of likely N-dealkylation sites (tertiary alicyclic amines) is 1. The summed E-state index contributed by atoms with van der Waals surface area (Å²) in [5, 5.41) is 13.4. The maximum Gasteiger partial charge on any atom is 0.253 e. The highest BCUT2D eigenvalue weighted by atomic mass is 16.5. The highest BCUT2D eigenvalue weighted by Crippen LogP contribution is 2.26. The zero-order valence-electron chi connectivity index (χ0n) is 14.0. The summed E-state index contributed by atoms with van der Waals surface area (Å²) in [6.45, 7) is 3.32. The third-order valence-electron chi connectivity index (χ3n) is 4.79. The third kappa shape index (κ3) is 3.53. The molecule has 6 nitrogen and oxygen atoms in total. The van der Waals surface area contributed by atoms with Gasteiger partial charge in [-0.1, -0.05) is 12.1 Å². The van der Waals surface area contributed by atoms with Crippen molar-refractivity contribution in [2.24, 2.45) is 0 Å². The van der Waals surface area contributed by atoms with E-state index in [-0.39, 0.29) is 12.5 Å². The van der Waals surface area contributed by atoms with Crippen LogP contribution in [-0.4, -0.2) is 53.7 Å². The van der Waals surface area contributed by atoms with Crippen LogP contribution in [0.1, 0.15) is 30.9 Å². The van der Waals surface area contributed by atoms with Gasteiger partial charge in [0.05, 0.1) is 13.2 Å². The fraction of sp³-hybridized carbons (Fsp3) is 0.556. The van der Waals surface area contributed by atoms with Gasteiger partial charge in [0.15, 0.2) is 5.60 Å². The minimum Gasteiger partial charge on any atom is -0.493 e. The molecule has 0 bridgehead atoms. The highest BCUT2D eigenvalue weighted by Gasteiger charge is 2.40. The Morgan fingerprint density at radius 2 is 2.25 bits per heavy atom. The van der Waals surface area contributed by atoms with Gasteiger partial charge in [-0.2, -0.15) is 0 Å². The average Bonchev–Trinajstić information content (AvgIpc) is 3.02. The summed E-state index contributed by atoms with van der Waals surface area (Å²) in [5.41, 5.74) is 0.873. The van der Waals surface area contributed by atoms with E-state index in [1.165, 1.54) is 17.4 Å².